The van der Waals surface area contributed by atoms with Crippen molar-refractivity contribution < 1.29 is 4.79 Å². The van der Waals surface area contributed by atoms with Gasteiger partial charge < -0.3 is 9.80 Å². The molecule has 0 aliphatic carbocycles. The van der Waals surface area contributed by atoms with Gasteiger partial charge in [0, 0.05) is 57.2 Å². The van der Waals surface area contributed by atoms with Crippen LogP contribution in [-0.2, 0) is 11.3 Å². The number of rotatable bonds is 8. The molecular formula is C16H24N6OS. The molecule has 0 aromatic carbocycles. The summed E-state index contributed by atoms with van der Waals surface area (Å²) in [6, 6.07) is 1.79. The first-order valence-corrected chi connectivity index (χ1v) is 8.56. The Labute approximate surface area is 147 Å². The molecular weight excluding hydrogens is 324 g/mol. The van der Waals surface area contributed by atoms with Gasteiger partial charge in [-0.25, -0.2) is 15.0 Å². The van der Waals surface area contributed by atoms with Gasteiger partial charge in [0.05, 0.1) is 6.54 Å². The lowest BCUT2D eigenvalue weighted by Crippen LogP contribution is -2.39. The van der Waals surface area contributed by atoms with Crippen LogP contribution in [0.2, 0.25) is 0 Å². The van der Waals surface area contributed by atoms with E-state index in [0.29, 0.717) is 18.9 Å². The monoisotopic (exact) mass is 348 g/mol. The number of nitrogens with zero attached hydrogens (tertiary/aromatic N) is 6. The first-order valence-electron chi connectivity index (χ1n) is 7.75. The van der Waals surface area contributed by atoms with Crippen LogP contribution in [-0.4, -0.2) is 83.4 Å². The summed E-state index contributed by atoms with van der Waals surface area (Å²) in [4.78, 5) is 31.9. The smallest absolute Gasteiger partial charge is 0.236 e. The van der Waals surface area contributed by atoms with Crippen molar-refractivity contribution >= 4 is 17.2 Å². The lowest BCUT2D eigenvalue weighted by atomic mass is 10.4. The molecule has 130 valence electrons. The third-order valence-electron chi connectivity index (χ3n) is 3.41. The molecule has 0 unspecified atom stereocenters. The van der Waals surface area contributed by atoms with Crippen LogP contribution in [0.5, 0.6) is 0 Å². The van der Waals surface area contributed by atoms with Gasteiger partial charge in [-0.15, -0.1) is 11.3 Å². The number of thiazole rings is 1. The summed E-state index contributed by atoms with van der Waals surface area (Å²) in [5.41, 5.74) is 0. The molecule has 2 aromatic rings. The van der Waals surface area contributed by atoms with E-state index < -0.39 is 0 Å². The molecule has 24 heavy (non-hydrogen) atoms. The summed E-state index contributed by atoms with van der Waals surface area (Å²) < 4.78 is 0. The summed E-state index contributed by atoms with van der Waals surface area (Å²) in [5, 5.41) is 0.803. The quantitative estimate of drug-likeness (QED) is 0.710. The van der Waals surface area contributed by atoms with E-state index in [2.05, 4.69) is 24.8 Å². The lowest BCUT2D eigenvalue weighted by molar-refractivity contribution is -0.130. The molecule has 0 bridgehead atoms. The predicted octanol–water partition coefficient (Wildman–Crippen LogP) is 1.05. The minimum Gasteiger partial charge on any atom is -0.348 e. The van der Waals surface area contributed by atoms with Crippen molar-refractivity contribution in [3.8, 4) is 10.8 Å². The Morgan fingerprint density at radius 1 is 1.08 bits per heavy atom. The van der Waals surface area contributed by atoms with E-state index in [-0.39, 0.29) is 5.91 Å². The molecule has 2 heterocycles. The van der Waals surface area contributed by atoms with E-state index in [1.807, 2.05) is 20.3 Å². The van der Waals surface area contributed by atoms with Crippen LogP contribution in [0.3, 0.4) is 0 Å². The third-order valence-corrected chi connectivity index (χ3v) is 4.39. The molecule has 0 radical (unpaired) electrons. The van der Waals surface area contributed by atoms with Gasteiger partial charge in [-0.05, 0) is 20.2 Å². The van der Waals surface area contributed by atoms with Crippen molar-refractivity contribution in [1.29, 1.82) is 0 Å². The summed E-state index contributed by atoms with van der Waals surface area (Å²) in [6.45, 7) is 2.81. The fourth-order valence-electron chi connectivity index (χ4n) is 2.00. The Morgan fingerprint density at radius 3 is 2.42 bits per heavy atom. The van der Waals surface area contributed by atoms with Crippen molar-refractivity contribution in [3.63, 3.8) is 0 Å². The normalized spacial score (nSPS) is 11.2. The molecule has 0 saturated heterocycles. The van der Waals surface area contributed by atoms with Crippen LogP contribution in [0.4, 0.5) is 0 Å². The standard InChI is InChI=1S/C16H24N6OS/c1-20(2)8-9-22(12-14(23)21(3)4)11-13-10-19-16(24-13)15-17-6-5-7-18-15/h5-7,10H,8-9,11-12H2,1-4H3. The molecule has 8 heteroatoms. The number of carbonyl (C=O) groups is 1. The molecule has 0 aliphatic rings. The number of aromatic nitrogens is 3. The fraction of sp³-hybridized carbons (Fsp3) is 0.500. The molecule has 2 aromatic heterocycles. The second-order valence-corrected chi connectivity index (χ2v) is 7.12. The first kappa shape index (κ1) is 18.4. The van der Waals surface area contributed by atoms with Crippen molar-refractivity contribution in [1.82, 2.24) is 29.7 Å². The Hall–Kier alpha value is -1.90. The molecule has 0 atom stereocenters. The zero-order valence-corrected chi connectivity index (χ0v) is 15.5. The second kappa shape index (κ2) is 8.81. The largest absolute Gasteiger partial charge is 0.348 e. The van der Waals surface area contributed by atoms with Crippen LogP contribution < -0.4 is 0 Å². The number of amides is 1. The second-order valence-electron chi connectivity index (χ2n) is 6.01. The van der Waals surface area contributed by atoms with Gasteiger partial charge in [-0.3, -0.25) is 9.69 Å². The zero-order chi connectivity index (χ0) is 17.5. The highest BCUT2D eigenvalue weighted by Gasteiger charge is 2.15. The van der Waals surface area contributed by atoms with Gasteiger partial charge >= 0.3 is 0 Å². The summed E-state index contributed by atoms with van der Waals surface area (Å²) in [7, 11) is 7.63. The van der Waals surface area contributed by atoms with Crippen LogP contribution in [0.1, 0.15) is 4.88 Å². The highest BCUT2D eigenvalue weighted by atomic mass is 32.1. The van der Waals surface area contributed by atoms with Crippen molar-refractivity contribution in [2.75, 3.05) is 47.8 Å². The highest BCUT2D eigenvalue weighted by Crippen LogP contribution is 2.22. The Balaban J connectivity index is 2.05. The van der Waals surface area contributed by atoms with E-state index in [4.69, 9.17) is 0 Å². The summed E-state index contributed by atoms with van der Waals surface area (Å²) >= 11 is 1.57. The first-order chi connectivity index (χ1) is 11.5. The molecule has 1 amide bonds. The maximum Gasteiger partial charge on any atom is 0.236 e. The van der Waals surface area contributed by atoms with Crippen molar-refractivity contribution in [2.24, 2.45) is 0 Å². The average molecular weight is 348 g/mol. The predicted molar refractivity (Wildman–Crippen MR) is 95.7 cm³/mol. The number of hydrogen-bond acceptors (Lipinski definition) is 7. The van der Waals surface area contributed by atoms with Gasteiger partial charge in [0.15, 0.2) is 10.8 Å². The molecule has 7 nitrogen and oxygen atoms in total. The maximum absolute atomic E-state index is 12.1. The Morgan fingerprint density at radius 2 is 1.79 bits per heavy atom. The molecule has 0 spiro atoms. The number of likely N-dealkylation sites (N-methyl/N-ethyl adjacent to an activating group) is 2. The maximum atomic E-state index is 12.1. The van der Waals surface area contributed by atoms with Crippen LogP contribution in [0.15, 0.2) is 24.7 Å². The van der Waals surface area contributed by atoms with Gasteiger partial charge in [0.1, 0.15) is 0 Å². The Kier molecular flexibility index (Phi) is 6.77. The molecule has 0 fully saturated rings. The van der Waals surface area contributed by atoms with E-state index in [1.54, 1.807) is 48.8 Å². The third kappa shape index (κ3) is 5.63. The fourth-order valence-corrected chi connectivity index (χ4v) is 2.91. The van der Waals surface area contributed by atoms with Crippen LogP contribution in [0, 0.1) is 0 Å². The molecule has 2 rings (SSSR count). The average Bonchev–Trinajstić information content (AvgIpc) is 3.01. The van der Waals surface area contributed by atoms with Gasteiger partial charge in [0.2, 0.25) is 5.91 Å². The van der Waals surface area contributed by atoms with E-state index in [1.165, 1.54) is 0 Å². The number of hydrogen-bond donors (Lipinski definition) is 0. The molecule has 0 N–H and O–H groups in total. The zero-order valence-electron chi connectivity index (χ0n) is 14.6. The molecule has 0 saturated carbocycles. The van der Waals surface area contributed by atoms with E-state index >= 15 is 0 Å². The topological polar surface area (TPSA) is 65.5 Å². The SMILES string of the molecule is CN(C)CCN(CC(=O)N(C)C)Cc1cnc(-c2ncccn2)s1. The van der Waals surface area contributed by atoms with E-state index in [0.717, 1.165) is 23.0 Å². The van der Waals surface area contributed by atoms with Crippen LogP contribution in [0.25, 0.3) is 10.8 Å². The van der Waals surface area contributed by atoms with Crippen molar-refractivity contribution in [2.45, 2.75) is 6.54 Å². The highest BCUT2D eigenvalue weighted by molar-refractivity contribution is 7.14. The van der Waals surface area contributed by atoms with E-state index in [9.17, 15) is 4.79 Å². The molecule has 0 aliphatic heterocycles. The van der Waals surface area contributed by atoms with Gasteiger partial charge in [0.25, 0.3) is 0 Å². The van der Waals surface area contributed by atoms with Gasteiger partial charge in [-0.1, -0.05) is 0 Å². The summed E-state index contributed by atoms with van der Waals surface area (Å²) in [5.74, 6) is 0.739. The minimum atomic E-state index is 0.102. The van der Waals surface area contributed by atoms with Crippen molar-refractivity contribution in [3.05, 3.63) is 29.5 Å². The van der Waals surface area contributed by atoms with Gasteiger partial charge in [-0.2, -0.15) is 0 Å². The lowest BCUT2D eigenvalue weighted by Gasteiger charge is -2.24. The van der Waals surface area contributed by atoms with Crippen LogP contribution >= 0.6 is 11.3 Å². The number of carbonyl (C=O) groups excluding carboxylic acids is 1. The Bertz CT molecular complexity index is 643. The summed E-state index contributed by atoms with van der Waals surface area (Å²) in [6.07, 6.45) is 5.27. The minimum absolute atomic E-state index is 0.102.